The molecular formula is C21H19N3O2S. The second-order valence-corrected chi connectivity index (χ2v) is 7.89. The standard InChI is InChI=1S/C21H19N3O2S/c25-20-16-6-1-4-15-5-2-7-17(19(15)16)24(20)14-22-9-11-23(12-10-22)21(26)18-8-3-13-27-18/h1-8,13H,9-12,14H2. The van der Waals surface area contributed by atoms with Crippen LogP contribution in [0.2, 0.25) is 0 Å². The number of amides is 2. The minimum atomic E-state index is 0.0684. The van der Waals surface area contributed by atoms with Crippen molar-refractivity contribution in [2.24, 2.45) is 0 Å². The van der Waals surface area contributed by atoms with Crippen molar-refractivity contribution in [3.8, 4) is 0 Å². The molecule has 1 fully saturated rings. The molecule has 1 saturated heterocycles. The molecule has 2 amide bonds. The molecule has 2 aromatic carbocycles. The van der Waals surface area contributed by atoms with E-state index >= 15 is 0 Å². The molecule has 6 heteroatoms. The summed E-state index contributed by atoms with van der Waals surface area (Å²) in [6.07, 6.45) is 0. The van der Waals surface area contributed by atoms with Gasteiger partial charge in [-0.25, -0.2) is 0 Å². The normalized spacial score (nSPS) is 17.1. The lowest BCUT2D eigenvalue weighted by molar-refractivity contribution is 0.0635. The minimum Gasteiger partial charge on any atom is -0.335 e. The number of thiophene rings is 1. The van der Waals surface area contributed by atoms with Crippen molar-refractivity contribution in [2.45, 2.75) is 0 Å². The fraction of sp³-hybridized carbons (Fsp3) is 0.238. The zero-order chi connectivity index (χ0) is 18.4. The molecular weight excluding hydrogens is 358 g/mol. The first kappa shape index (κ1) is 16.5. The zero-order valence-corrected chi connectivity index (χ0v) is 15.6. The molecule has 5 nitrogen and oxygen atoms in total. The third-order valence-electron chi connectivity index (χ3n) is 5.38. The van der Waals surface area contributed by atoms with Gasteiger partial charge in [-0.1, -0.05) is 30.3 Å². The Labute approximate surface area is 161 Å². The summed E-state index contributed by atoms with van der Waals surface area (Å²) in [6, 6.07) is 15.8. The highest BCUT2D eigenvalue weighted by atomic mass is 32.1. The van der Waals surface area contributed by atoms with E-state index in [4.69, 9.17) is 0 Å². The number of nitrogens with zero attached hydrogens (tertiary/aromatic N) is 3. The predicted octanol–water partition coefficient (Wildman–Crippen LogP) is 3.28. The minimum absolute atomic E-state index is 0.0684. The lowest BCUT2D eigenvalue weighted by Gasteiger charge is -2.36. The Morgan fingerprint density at radius 2 is 1.74 bits per heavy atom. The van der Waals surface area contributed by atoms with Crippen LogP contribution < -0.4 is 4.90 Å². The Kier molecular flexibility index (Phi) is 3.95. The average molecular weight is 377 g/mol. The first-order valence-corrected chi connectivity index (χ1v) is 9.99. The van der Waals surface area contributed by atoms with Crippen LogP contribution in [0.15, 0.2) is 53.9 Å². The Balaban J connectivity index is 1.30. The maximum absolute atomic E-state index is 12.9. The van der Waals surface area contributed by atoms with Gasteiger partial charge < -0.3 is 4.90 Å². The predicted molar refractivity (Wildman–Crippen MR) is 107 cm³/mol. The van der Waals surface area contributed by atoms with Gasteiger partial charge in [0.05, 0.1) is 17.2 Å². The SMILES string of the molecule is O=C(c1cccs1)N1CCN(CN2C(=O)c3cccc4cccc2c34)CC1. The Hall–Kier alpha value is -2.70. The number of benzene rings is 2. The van der Waals surface area contributed by atoms with Crippen LogP contribution in [0.5, 0.6) is 0 Å². The van der Waals surface area contributed by atoms with Gasteiger partial charge in [-0.3, -0.25) is 19.4 Å². The topological polar surface area (TPSA) is 43.9 Å². The summed E-state index contributed by atoms with van der Waals surface area (Å²) in [5.41, 5.74) is 1.78. The molecule has 0 atom stereocenters. The Bertz CT molecular complexity index is 1020. The monoisotopic (exact) mass is 377 g/mol. The molecule has 0 spiro atoms. The maximum Gasteiger partial charge on any atom is 0.264 e. The molecule has 136 valence electrons. The highest BCUT2D eigenvalue weighted by Gasteiger charge is 2.32. The molecule has 0 unspecified atom stereocenters. The van der Waals surface area contributed by atoms with Crippen molar-refractivity contribution in [3.63, 3.8) is 0 Å². The quantitative estimate of drug-likeness (QED) is 0.704. The van der Waals surface area contributed by atoms with Gasteiger partial charge in [-0.15, -0.1) is 11.3 Å². The molecule has 2 aliphatic rings. The number of hydrogen-bond donors (Lipinski definition) is 0. The zero-order valence-electron chi connectivity index (χ0n) is 14.8. The molecule has 0 saturated carbocycles. The Morgan fingerprint density at radius 1 is 0.963 bits per heavy atom. The summed E-state index contributed by atoms with van der Waals surface area (Å²) in [5, 5.41) is 4.09. The summed E-state index contributed by atoms with van der Waals surface area (Å²) in [7, 11) is 0. The second-order valence-electron chi connectivity index (χ2n) is 6.94. The molecule has 0 bridgehead atoms. The summed E-state index contributed by atoms with van der Waals surface area (Å²) < 4.78 is 0. The van der Waals surface area contributed by atoms with Gasteiger partial charge in [0.2, 0.25) is 0 Å². The number of anilines is 1. The lowest BCUT2D eigenvalue weighted by atomic mass is 10.1. The van der Waals surface area contributed by atoms with E-state index in [1.165, 1.54) is 11.3 Å². The van der Waals surface area contributed by atoms with Gasteiger partial charge in [0.15, 0.2) is 0 Å². The van der Waals surface area contributed by atoms with Crippen LogP contribution in [0.3, 0.4) is 0 Å². The van der Waals surface area contributed by atoms with Crippen molar-refractivity contribution in [3.05, 3.63) is 64.4 Å². The maximum atomic E-state index is 12.9. The number of carbonyl (C=O) groups excluding carboxylic acids is 2. The first-order valence-electron chi connectivity index (χ1n) is 9.11. The summed E-state index contributed by atoms with van der Waals surface area (Å²) in [4.78, 5) is 32.2. The van der Waals surface area contributed by atoms with Crippen LogP contribution >= 0.6 is 11.3 Å². The van der Waals surface area contributed by atoms with E-state index < -0.39 is 0 Å². The summed E-state index contributed by atoms with van der Waals surface area (Å²) >= 11 is 1.48. The van der Waals surface area contributed by atoms with E-state index in [2.05, 4.69) is 4.90 Å². The number of hydrogen-bond acceptors (Lipinski definition) is 4. The van der Waals surface area contributed by atoms with Crippen molar-refractivity contribution >= 4 is 39.6 Å². The molecule has 0 radical (unpaired) electrons. The number of piperazine rings is 1. The van der Waals surface area contributed by atoms with E-state index in [0.717, 1.165) is 40.0 Å². The van der Waals surface area contributed by atoms with Crippen LogP contribution in [0.1, 0.15) is 20.0 Å². The summed E-state index contributed by atoms with van der Waals surface area (Å²) in [5.74, 6) is 0.179. The van der Waals surface area contributed by atoms with Crippen LogP contribution in [-0.4, -0.2) is 54.5 Å². The van der Waals surface area contributed by atoms with E-state index in [1.807, 2.05) is 63.7 Å². The van der Waals surface area contributed by atoms with Crippen LogP contribution in [0.4, 0.5) is 5.69 Å². The van der Waals surface area contributed by atoms with Crippen molar-refractivity contribution < 1.29 is 9.59 Å². The first-order chi connectivity index (χ1) is 13.2. The third kappa shape index (κ3) is 2.72. The molecule has 27 heavy (non-hydrogen) atoms. The lowest BCUT2D eigenvalue weighted by Crippen LogP contribution is -2.52. The molecule has 0 aliphatic carbocycles. The molecule has 1 aromatic heterocycles. The van der Waals surface area contributed by atoms with Gasteiger partial charge in [-0.2, -0.15) is 0 Å². The highest BCUT2D eigenvalue weighted by molar-refractivity contribution is 7.12. The molecule has 2 aliphatic heterocycles. The van der Waals surface area contributed by atoms with E-state index in [0.29, 0.717) is 19.8 Å². The molecule has 3 heterocycles. The largest absolute Gasteiger partial charge is 0.335 e. The van der Waals surface area contributed by atoms with E-state index in [9.17, 15) is 9.59 Å². The second kappa shape index (κ2) is 6.48. The highest BCUT2D eigenvalue weighted by Crippen LogP contribution is 2.37. The number of carbonyl (C=O) groups is 2. The van der Waals surface area contributed by atoms with E-state index in [-0.39, 0.29) is 11.8 Å². The van der Waals surface area contributed by atoms with Crippen molar-refractivity contribution in [1.29, 1.82) is 0 Å². The van der Waals surface area contributed by atoms with Crippen LogP contribution in [-0.2, 0) is 0 Å². The van der Waals surface area contributed by atoms with Crippen LogP contribution in [0.25, 0.3) is 10.8 Å². The Morgan fingerprint density at radius 3 is 2.48 bits per heavy atom. The van der Waals surface area contributed by atoms with Gasteiger partial charge >= 0.3 is 0 Å². The fourth-order valence-corrected chi connectivity index (χ4v) is 4.66. The van der Waals surface area contributed by atoms with E-state index in [1.54, 1.807) is 0 Å². The number of rotatable bonds is 3. The average Bonchev–Trinajstić information content (AvgIpc) is 3.33. The van der Waals surface area contributed by atoms with Gasteiger partial charge in [0, 0.05) is 37.1 Å². The molecule has 5 rings (SSSR count). The van der Waals surface area contributed by atoms with Gasteiger partial charge in [0.1, 0.15) is 0 Å². The smallest absolute Gasteiger partial charge is 0.264 e. The summed E-state index contributed by atoms with van der Waals surface area (Å²) in [6.45, 7) is 3.49. The fourth-order valence-electron chi connectivity index (χ4n) is 3.97. The molecule has 0 N–H and O–H groups in total. The van der Waals surface area contributed by atoms with Crippen LogP contribution in [0, 0.1) is 0 Å². The third-order valence-corrected chi connectivity index (χ3v) is 6.24. The van der Waals surface area contributed by atoms with Gasteiger partial charge in [-0.05, 0) is 29.0 Å². The van der Waals surface area contributed by atoms with Crippen molar-refractivity contribution in [2.75, 3.05) is 37.7 Å². The van der Waals surface area contributed by atoms with Gasteiger partial charge in [0.25, 0.3) is 11.8 Å². The van der Waals surface area contributed by atoms with Crippen molar-refractivity contribution in [1.82, 2.24) is 9.80 Å². The molecule has 3 aromatic rings.